The zero-order valence-corrected chi connectivity index (χ0v) is 17.7. The molecule has 0 radical (unpaired) electrons. The number of alkyl halides is 2. The van der Waals surface area contributed by atoms with Gasteiger partial charge in [0.25, 0.3) is 11.8 Å². The first-order valence-corrected chi connectivity index (χ1v) is 10.6. The van der Waals surface area contributed by atoms with Crippen LogP contribution in [0.3, 0.4) is 0 Å². The van der Waals surface area contributed by atoms with Crippen molar-refractivity contribution < 1.29 is 23.1 Å². The maximum Gasteiger partial charge on any atom is 0.255 e. The predicted molar refractivity (Wildman–Crippen MR) is 114 cm³/mol. The lowest BCUT2D eigenvalue weighted by molar-refractivity contribution is -0.159. The van der Waals surface area contributed by atoms with Gasteiger partial charge in [0.05, 0.1) is 17.6 Å². The van der Waals surface area contributed by atoms with Crippen LogP contribution in [0.2, 0.25) is 5.02 Å². The molecule has 2 N–H and O–H groups in total. The summed E-state index contributed by atoms with van der Waals surface area (Å²) in [5, 5.41) is 6.05. The molecule has 0 aliphatic heterocycles. The summed E-state index contributed by atoms with van der Waals surface area (Å²) in [7, 11) is 0. The average molecular weight is 449 g/mol. The third-order valence-corrected chi connectivity index (χ3v) is 6.00. The minimum absolute atomic E-state index is 0.0457. The molecule has 0 heterocycles. The summed E-state index contributed by atoms with van der Waals surface area (Å²) in [4.78, 5) is 25.3. The Balaban J connectivity index is 1.47. The Morgan fingerprint density at radius 3 is 2.48 bits per heavy atom. The molecule has 5 nitrogen and oxygen atoms in total. The lowest BCUT2D eigenvalue weighted by Gasteiger charge is -2.46. The largest absolute Gasteiger partial charge is 0.376 e. The zero-order valence-electron chi connectivity index (χ0n) is 17.0. The fraction of sp³-hybridized carbons (Fsp3) is 0.391. The summed E-state index contributed by atoms with van der Waals surface area (Å²) in [6, 6.07) is 12.9. The number of hydrogen-bond donors (Lipinski definition) is 2. The quantitative estimate of drug-likeness (QED) is 0.652. The third kappa shape index (κ3) is 4.57. The van der Waals surface area contributed by atoms with Crippen molar-refractivity contribution >= 4 is 29.1 Å². The van der Waals surface area contributed by atoms with Gasteiger partial charge >= 0.3 is 0 Å². The Morgan fingerprint density at radius 1 is 1.16 bits per heavy atom. The van der Waals surface area contributed by atoms with E-state index < -0.39 is 30.1 Å². The minimum atomic E-state index is -2.88. The number of anilines is 1. The summed E-state index contributed by atoms with van der Waals surface area (Å²) in [6.45, 7) is 2.42. The second-order valence-electron chi connectivity index (χ2n) is 8.14. The average Bonchev–Trinajstić information content (AvgIpc) is 3.43. The maximum atomic E-state index is 13.8. The highest BCUT2D eigenvalue weighted by atomic mass is 35.5. The standard InChI is InChI=1S/C23H23ClF2N2O3/c1-2-31-19-11-18(19)28-21(30)22(12-23(25,26)13-22)15-6-8-17(9-7-15)27-20(29)14-4-3-5-16(24)10-14/h3-10,18-19H,2,11-13H2,1H3,(H,27,29)(H,28,30)/t18?,19-/m1/s1. The number of benzene rings is 2. The van der Waals surface area contributed by atoms with Crippen LogP contribution in [0.4, 0.5) is 14.5 Å². The van der Waals surface area contributed by atoms with Crippen molar-refractivity contribution in [2.24, 2.45) is 0 Å². The van der Waals surface area contributed by atoms with E-state index in [1.54, 1.807) is 48.5 Å². The molecule has 0 aromatic heterocycles. The molecule has 0 spiro atoms. The van der Waals surface area contributed by atoms with E-state index in [2.05, 4.69) is 10.6 Å². The van der Waals surface area contributed by atoms with Crippen molar-refractivity contribution in [2.45, 2.75) is 49.7 Å². The van der Waals surface area contributed by atoms with Gasteiger partial charge in [-0.3, -0.25) is 9.59 Å². The van der Waals surface area contributed by atoms with Gasteiger partial charge < -0.3 is 15.4 Å². The Hall–Kier alpha value is -2.51. The molecule has 2 aliphatic carbocycles. The molecule has 2 aromatic rings. The molecule has 2 saturated carbocycles. The lowest BCUT2D eigenvalue weighted by atomic mass is 9.61. The molecule has 2 aliphatic rings. The SMILES string of the molecule is CCO[C@@H]1CC1NC(=O)C1(c2ccc(NC(=O)c3cccc(Cl)c3)cc2)CC(F)(F)C1. The lowest BCUT2D eigenvalue weighted by Crippen LogP contribution is -2.58. The molecule has 31 heavy (non-hydrogen) atoms. The highest BCUT2D eigenvalue weighted by Crippen LogP contribution is 2.54. The molecular formula is C23H23ClF2N2O3. The van der Waals surface area contributed by atoms with Gasteiger partial charge in [-0.05, 0) is 49.2 Å². The van der Waals surface area contributed by atoms with E-state index >= 15 is 0 Å². The second kappa shape index (κ2) is 8.20. The number of halogens is 3. The molecule has 0 bridgehead atoms. The molecular weight excluding hydrogens is 426 g/mol. The van der Waals surface area contributed by atoms with Gasteiger partial charge in [-0.25, -0.2) is 8.78 Å². The summed E-state index contributed by atoms with van der Waals surface area (Å²) < 4.78 is 33.1. The van der Waals surface area contributed by atoms with Gasteiger partial charge in [-0.1, -0.05) is 29.8 Å². The van der Waals surface area contributed by atoms with Crippen LogP contribution < -0.4 is 10.6 Å². The van der Waals surface area contributed by atoms with E-state index in [0.717, 1.165) is 0 Å². The first-order valence-electron chi connectivity index (χ1n) is 10.2. The monoisotopic (exact) mass is 448 g/mol. The summed E-state index contributed by atoms with van der Waals surface area (Å²) >= 11 is 5.92. The van der Waals surface area contributed by atoms with Crippen LogP contribution in [0.15, 0.2) is 48.5 Å². The number of nitrogens with one attached hydrogen (secondary N) is 2. The second-order valence-corrected chi connectivity index (χ2v) is 8.58. The number of rotatable bonds is 7. The smallest absolute Gasteiger partial charge is 0.255 e. The van der Waals surface area contributed by atoms with Gasteiger partial charge in [-0.2, -0.15) is 0 Å². The van der Waals surface area contributed by atoms with E-state index in [4.69, 9.17) is 16.3 Å². The first-order chi connectivity index (χ1) is 14.7. The normalized spacial score (nSPS) is 22.8. The molecule has 8 heteroatoms. The van der Waals surface area contributed by atoms with Crippen LogP contribution in [-0.2, 0) is 14.9 Å². The van der Waals surface area contributed by atoms with Crippen LogP contribution >= 0.6 is 11.6 Å². The van der Waals surface area contributed by atoms with Crippen molar-refractivity contribution in [3.05, 3.63) is 64.7 Å². The van der Waals surface area contributed by atoms with E-state index in [0.29, 0.717) is 34.9 Å². The molecule has 2 amide bonds. The van der Waals surface area contributed by atoms with Crippen LogP contribution in [0.25, 0.3) is 0 Å². The molecule has 2 aromatic carbocycles. The van der Waals surface area contributed by atoms with Gasteiger partial charge in [0.15, 0.2) is 0 Å². The van der Waals surface area contributed by atoms with Crippen LogP contribution in [-0.4, -0.2) is 36.5 Å². The zero-order chi connectivity index (χ0) is 22.2. The van der Waals surface area contributed by atoms with E-state index in [9.17, 15) is 18.4 Å². The van der Waals surface area contributed by atoms with Crippen LogP contribution in [0.5, 0.6) is 0 Å². The van der Waals surface area contributed by atoms with Crippen LogP contribution in [0.1, 0.15) is 42.1 Å². The van der Waals surface area contributed by atoms with Crippen molar-refractivity contribution in [1.29, 1.82) is 0 Å². The molecule has 1 unspecified atom stereocenters. The number of carbonyl (C=O) groups excluding carboxylic acids is 2. The summed E-state index contributed by atoms with van der Waals surface area (Å²) in [5.74, 6) is -3.62. The van der Waals surface area contributed by atoms with Crippen molar-refractivity contribution in [2.75, 3.05) is 11.9 Å². The Kier molecular flexibility index (Phi) is 5.75. The van der Waals surface area contributed by atoms with Crippen molar-refractivity contribution in [3.63, 3.8) is 0 Å². The molecule has 2 atom stereocenters. The Bertz CT molecular complexity index is 989. The fourth-order valence-corrected chi connectivity index (χ4v) is 4.25. The highest BCUT2D eigenvalue weighted by molar-refractivity contribution is 6.31. The first kappa shape index (κ1) is 21.7. The predicted octanol–water partition coefficient (Wildman–Crippen LogP) is 4.55. The molecule has 4 rings (SSSR count). The van der Waals surface area contributed by atoms with E-state index in [1.165, 1.54) is 0 Å². The van der Waals surface area contributed by atoms with Crippen LogP contribution in [0, 0.1) is 0 Å². The number of amides is 2. The van der Waals surface area contributed by atoms with Gasteiger partial charge in [0, 0.05) is 35.7 Å². The van der Waals surface area contributed by atoms with E-state index in [1.807, 2.05) is 6.92 Å². The van der Waals surface area contributed by atoms with Gasteiger partial charge in [0.2, 0.25) is 5.91 Å². The summed E-state index contributed by atoms with van der Waals surface area (Å²) in [6.07, 6.45) is -0.422. The Morgan fingerprint density at radius 2 is 1.87 bits per heavy atom. The van der Waals surface area contributed by atoms with E-state index in [-0.39, 0.29) is 18.1 Å². The number of carbonyl (C=O) groups is 2. The number of hydrogen-bond acceptors (Lipinski definition) is 3. The van der Waals surface area contributed by atoms with Crippen molar-refractivity contribution in [1.82, 2.24) is 5.32 Å². The Labute approximate surface area is 184 Å². The van der Waals surface area contributed by atoms with Gasteiger partial charge in [0.1, 0.15) is 0 Å². The minimum Gasteiger partial charge on any atom is -0.376 e. The summed E-state index contributed by atoms with van der Waals surface area (Å²) in [5.41, 5.74) is 0.122. The third-order valence-electron chi connectivity index (χ3n) is 5.77. The van der Waals surface area contributed by atoms with Gasteiger partial charge in [-0.15, -0.1) is 0 Å². The highest BCUT2D eigenvalue weighted by Gasteiger charge is 2.62. The van der Waals surface area contributed by atoms with Crippen molar-refractivity contribution in [3.8, 4) is 0 Å². The fourth-order valence-electron chi connectivity index (χ4n) is 4.06. The molecule has 0 saturated heterocycles. The molecule has 164 valence electrons. The topological polar surface area (TPSA) is 67.4 Å². The number of ether oxygens (including phenoxy) is 1. The maximum absolute atomic E-state index is 13.8. The molecule has 2 fully saturated rings.